The van der Waals surface area contributed by atoms with Crippen molar-refractivity contribution in [3.63, 3.8) is 0 Å². The normalized spacial score (nSPS) is 14.4. The molecule has 0 fully saturated rings. The van der Waals surface area contributed by atoms with Crippen LogP contribution >= 0.6 is 15.6 Å². The van der Waals surface area contributed by atoms with Gasteiger partial charge >= 0.3 is 39.5 Å². The van der Waals surface area contributed by atoms with Crippen molar-refractivity contribution in [2.75, 3.05) is 39.6 Å². The largest absolute Gasteiger partial charge is 0.472 e. The van der Waals surface area contributed by atoms with E-state index in [1.165, 1.54) is 186 Å². The van der Waals surface area contributed by atoms with Gasteiger partial charge in [0.2, 0.25) is 0 Å². The highest BCUT2D eigenvalue weighted by atomic mass is 31.2. The third-order valence-corrected chi connectivity index (χ3v) is 20.1. The Balaban J connectivity index is 5.18. The summed E-state index contributed by atoms with van der Waals surface area (Å²) in [4.78, 5) is 72.8. The second-order valence-electron chi connectivity index (χ2n) is 29.4. The summed E-state index contributed by atoms with van der Waals surface area (Å²) < 4.78 is 68.5. The van der Waals surface area contributed by atoms with Gasteiger partial charge in [-0.2, -0.15) is 0 Å². The Labute approximate surface area is 588 Å². The molecule has 0 bridgehead atoms. The lowest BCUT2D eigenvalue weighted by atomic mass is 9.99. The van der Waals surface area contributed by atoms with Crippen LogP contribution in [0.1, 0.15) is 389 Å². The van der Waals surface area contributed by atoms with Crippen LogP contribution in [-0.2, 0) is 65.4 Å². The summed E-state index contributed by atoms with van der Waals surface area (Å²) in [6.07, 6.45) is 51.5. The first-order valence-electron chi connectivity index (χ1n) is 39.7. The van der Waals surface area contributed by atoms with Gasteiger partial charge in [-0.15, -0.1) is 0 Å². The third kappa shape index (κ3) is 69.2. The fourth-order valence-corrected chi connectivity index (χ4v) is 13.3. The molecule has 17 nitrogen and oxygen atoms in total. The zero-order valence-electron chi connectivity index (χ0n) is 63.0. The molecule has 0 aliphatic heterocycles. The molecule has 0 saturated carbocycles. The van der Waals surface area contributed by atoms with Gasteiger partial charge in [-0.25, -0.2) is 9.13 Å². The maximum absolute atomic E-state index is 13.1. The van der Waals surface area contributed by atoms with Gasteiger partial charge in [0, 0.05) is 25.7 Å². The minimum Gasteiger partial charge on any atom is -0.462 e. The van der Waals surface area contributed by atoms with Crippen molar-refractivity contribution >= 4 is 39.5 Å². The van der Waals surface area contributed by atoms with Crippen LogP contribution in [0.2, 0.25) is 0 Å². The molecule has 0 rings (SSSR count). The highest BCUT2D eigenvalue weighted by Crippen LogP contribution is 2.45. The molecule has 0 aromatic heterocycles. The molecule has 0 radical (unpaired) electrons. The Morgan fingerprint density at radius 2 is 0.500 bits per heavy atom. The Kier molecular flexibility index (Phi) is 65.0. The Hall–Kier alpha value is -1.94. The van der Waals surface area contributed by atoms with E-state index in [4.69, 9.17) is 37.0 Å². The molecule has 0 aliphatic carbocycles. The molecule has 3 N–H and O–H groups in total. The van der Waals surface area contributed by atoms with Crippen LogP contribution in [0.15, 0.2) is 0 Å². The number of rotatable bonds is 74. The van der Waals surface area contributed by atoms with Crippen LogP contribution in [0.3, 0.4) is 0 Å². The standard InChI is InChI=1S/C77H150O17P2/c1-9-70(8)56-48-40-31-24-20-16-13-14-17-21-25-32-41-49-57-74(79)87-63-72(94-77(82)60-52-44-34-28-27-30-38-46-54-68(4)5)65-91-95(83,84)89-61-71(78)62-90-96(85,86)92-66-73(64-88-75(80)58-50-42-36-35-39-47-55-69(6)7)93-76(81)59-51-43-33-26-22-18-12-10-11-15-19-23-29-37-45-53-67(2)3/h67-73,78H,9-66H2,1-8H3,(H,83,84)(H,85,86)/t70?,71?,72-,73-/m1/s1. The van der Waals surface area contributed by atoms with E-state index in [9.17, 15) is 43.2 Å². The molecular formula is C77H150O17P2. The second-order valence-corrected chi connectivity index (χ2v) is 32.3. The highest BCUT2D eigenvalue weighted by molar-refractivity contribution is 7.47. The number of hydrogen-bond donors (Lipinski definition) is 3. The third-order valence-electron chi connectivity index (χ3n) is 18.2. The van der Waals surface area contributed by atoms with Gasteiger partial charge in [-0.1, -0.05) is 338 Å². The number of carbonyl (C=O) groups is 4. The van der Waals surface area contributed by atoms with E-state index in [0.29, 0.717) is 31.6 Å². The van der Waals surface area contributed by atoms with Crippen LogP contribution < -0.4 is 0 Å². The van der Waals surface area contributed by atoms with E-state index in [0.717, 1.165) is 114 Å². The minimum atomic E-state index is -4.96. The van der Waals surface area contributed by atoms with Crippen LogP contribution in [-0.4, -0.2) is 96.7 Å². The number of esters is 4. The van der Waals surface area contributed by atoms with E-state index >= 15 is 0 Å². The van der Waals surface area contributed by atoms with Gasteiger partial charge in [0.15, 0.2) is 12.2 Å². The van der Waals surface area contributed by atoms with Crippen LogP contribution in [0.25, 0.3) is 0 Å². The summed E-state index contributed by atoms with van der Waals surface area (Å²) in [5.41, 5.74) is 0. The molecule has 0 aliphatic rings. The predicted octanol–water partition coefficient (Wildman–Crippen LogP) is 22.4. The van der Waals surface area contributed by atoms with Crippen LogP contribution in [0, 0.1) is 23.7 Å². The lowest BCUT2D eigenvalue weighted by molar-refractivity contribution is -0.161. The molecule has 0 saturated heterocycles. The average Bonchev–Trinajstić information content (AvgIpc) is 1.55. The Morgan fingerprint density at radius 3 is 0.740 bits per heavy atom. The number of aliphatic hydroxyl groups excluding tert-OH is 1. The maximum Gasteiger partial charge on any atom is 0.472 e. The summed E-state index contributed by atoms with van der Waals surface area (Å²) in [6, 6.07) is 0. The minimum absolute atomic E-state index is 0.104. The number of ether oxygens (including phenoxy) is 4. The lowest BCUT2D eigenvalue weighted by Gasteiger charge is -2.21. The zero-order chi connectivity index (χ0) is 71.0. The number of carbonyl (C=O) groups excluding carboxylic acids is 4. The van der Waals surface area contributed by atoms with Crippen molar-refractivity contribution < 1.29 is 80.2 Å². The van der Waals surface area contributed by atoms with Crippen molar-refractivity contribution in [3.8, 4) is 0 Å². The van der Waals surface area contributed by atoms with Gasteiger partial charge in [0.1, 0.15) is 19.3 Å². The number of aliphatic hydroxyl groups is 1. The fourth-order valence-electron chi connectivity index (χ4n) is 11.7. The molecule has 96 heavy (non-hydrogen) atoms. The molecule has 0 amide bonds. The summed E-state index contributed by atoms with van der Waals surface area (Å²) in [6.45, 7) is 14.2. The molecule has 0 spiro atoms. The van der Waals surface area contributed by atoms with E-state index < -0.39 is 97.5 Å². The lowest BCUT2D eigenvalue weighted by Crippen LogP contribution is -2.30. The predicted molar refractivity (Wildman–Crippen MR) is 391 cm³/mol. The van der Waals surface area contributed by atoms with E-state index in [1.54, 1.807) is 0 Å². The molecule has 6 atom stereocenters. The van der Waals surface area contributed by atoms with Crippen molar-refractivity contribution in [2.45, 2.75) is 408 Å². The number of phosphoric ester groups is 2. The highest BCUT2D eigenvalue weighted by Gasteiger charge is 2.30. The van der Waals surface area contributed by atoms with Crippen molar-refractivity contribution in [2.24, 2.45) is 23.7 Å². The summed E-state index contributed by atoms with van der Waals surface area (Å²) in [5, 5.41) is 10.6. The average molecular weight is 1410 g/mol. The van der Waals surface area contributed by atoms with Gasteiger partial charge < -0.3 is 33.8 Å². The number of hydrogen-bond acceptors (Lipinski definition) is 15. The molecule has 0 aromatic rings. The van der Waals surface area contributed by atoms with Gasteiger partial charge in [0.05, 0.1) is 26.4 Å². The van der Waals surface area contributed by atoms with Crippen molar-refractivity contribution in [3.05, 3.63) is 0 Å². The number of phosphoric acid groups is 2. The monoisotopic (exact) mass is 1410 g/mol. The molecule has 0 heterocycles. The fraction of sp³-hybridized carbons (Fsp3) is 0.948. The van der Waals surface area contributed by atoms with Crippen molar-refractivity contribution in [1.29, 1.82) is 0 Å². The van der Waals surface area contributed by atoms with E-state index in [-0.39, 0.29) is 25.7 Å². The van der Waals surface area contributed by atoms with Crippen molar-refractivity contribution in [1.82, 2.24) is 0 Å². The molecule has 0 aromatic carbocycles. The van der Waals surface area contributed by atoms with E-state index in [1.807, 2.05) is 0 Å². The molecular weight excluding hydrogens is 1260 g/mol. The smallest absolute Gasteiger partial charge is 0.462 e. The quantitative estimate of drug-likeness (QED) is 0.0222. The first-order chi connectivity index (χ1) is 46.1. The molecule has 19 heteroatoms. The SMILES string of the molecule is CCC(C)CCCCCCCCCCCCCCCCC(=O)OC[C@H](COP(=O)(O)OCC(O)COP(=O)(O)OC[C@@H](COC(=O)CCCCCCCCC(C)C)OC(=O)CCCCCCCCCCCCCCCCCC(C)C)OC(=O)CCCCCCCCCCC(C)C. The summed E-state index contributed by atoms with van der Waals surface area (Å²) in [7, 11) is -9.91. The Bertz CT molecular complexity index is 1890. The zero-order valence-corrected chi connectivity index (χ0v) is 64.8. The van der Waals surface area contributed by atoms with E-state index in [2.05, 4.69) is 55.4 Å². The summed E-state index contributed by atoms with van der Waals surface area (Å²) in [5.74, 6) is 0.927. The maximum atomic E-state index is 13.1. The molecule has 4 unspecified atom stereocenters. The number of unbranched alkanes of at least 4 members (excludes halogenated alkanes) is 39. The van der Waals surface area contributed by atoms with Crippen LogP contribution in [0.5, 0.6) is 0 Å². The first-order valence-corrected chi connectivity index (χ1v) is 42.7. The second kappa shape index (κ2) is 66.3. The first kappa shape index (κ1) is 94.1. The van der Waals surface area contributed by atoms with Crippen LogP contribution in [0.4, 0.5) is 0 Å². The molecule has 570 valence electrons. The van der Waals surface area contributed by atoms with Gasteiger partial charge in [-0.3, -0.25) is 37.3 Å². The Morgan fingerprint density at radius 1 is 0.292 bits per heavy atom. The summed E-state index contributed by atoms with van der Waals surface area (Å²) >= 11 is 0. The van der Waals surface area contributed by atoms with Gasteiger partial charge in [0.25, 0.3) is 0 Å². The topological polar surface area (TPSA) is 237 Å². The van der Waals surface area contributed by atoms with Gasteiger partial charge in [-0.05, 0) is 49.4 Å².